The van der Waals surface area contributed by atoms with Crippen molar-refractivity contribution in [2.45, 2.75) is 13.3 Å². The zero-order chi connectivity index (χ0) is 16.0. The highest BCUT2D eigenvalue weighted by atomic mass is 32.1. The SMILES string of the molecule is CC(CS)C(=O)N(CC(=O)O)c1ccc(CC(=O)O)cc1. The van der Waals surface area contributed by atoms with Crippen molar-refractivity contribution in [1.29, 1.82) is 0 Å². The lowest BCUT2D eigenvalue weighted by molar-refractivity contribution is -0.137. The van der Waals surface area contributed by atoms with Crippen LogP contribution in [0.4, 0.5) is 5.69 Å². The van der Waals surface area contributed by atoms with E-state index < -0.39 is 24.4 Å². The van der Waals surface area contributed by atoms with Crippen LogP contribution in [-0.2, 0) is 20.8 Å². The van der Waals surface area contributed by atoms with Gasteiger partial charge in [-0.15, -0.1) is 0 Å². The van der Waals surface area contributed by atoms with Gasteiger partial charge in [0.15, 0.2) is 0 Å². The number of aliphatic carboxylic acids is 2. The average Bonchev–Trinajstić information content (AvgIpc) is 2.43. The third-order valence-electron chi connectivity index (χ3n) is 2.86. The van der Waals surface area contributed by atoms with E-state index in [1.165, 1.54) is 0 Å². The summed E-state index contributed by atoms with van der Waals surface area (Å²) in [7, 11) is 0. The summed E-state index contributed by atoms with van der Waals surface area (Å²) in [5.74, 6) is -2.51. The maximum atomic E-state index is 12.2. The number of thiol groups is 1. The Morgan fingerprint density at radius 3 is 2.14 bits per heavy atom. The molecule has 0 saturated carbocycles. The summed E-state index contributed by atoms with van der Waals surface area (Å²) in [5.41, 5.74) is 1.00. The van der Waals surface area contributed by atoms with Crippen molar-refractivity contribution in [3.8, 4) is 0 Å². The van der Waals surface area contributed by atoms with Crippen molar-refractivity contribution in [3.05, 3.63) is 29.8 Å². The van der Waals surface area contributed by atoms with Gasteiger partial charge in [-0.25, -0.2) is 0 Å². The van der Waals surface area contributed by atoms with E-state index in [1.54, 1.807) is 31.2 Å². The Morgan fingerprint density at radius 2 is 1.71 bits per heavy atom. The Balaban J connectivity index is 3.00. The number of carboxylic acid groups (broad SMARTS) is 2. The second kappa shape index (κ2) is 7.68. The van der Waals surface area contributed by atoms with Crippen LogP contribution < -0.4 is 4.90 Å². The van der Waals surface area contributed by atoms with Crippen LogP contribution in [0.15, 0.2) is 24.3 Å². The van der Waals surface area contributed by atoms with Crippen molar-refractivity contribution in [2.24, 2.45) is 5.92 Å². The molecule has 7 heteroatoms. The van der Waals surface area contributed by atoms with Gasteiger partial charge in [0.05, 0.1) is 6.42 Å². The highest BCUT2D eigenvalue weighted by molar-refractivity contribution is 7.80. The van der Waals surface area contributed by atoms with Crippen LogP contribution in [0.5, 0.6) is 0 Å². The lowest BCUT2D eigenvalue weighted by atomic mass is 10.1. The van der Waals surface area contributed by atoms with Crippen LogP contribution in [0, 0.1) is 5.92 Å². The second-order valence-electron chi connectivity index (χ2n) is 4.64. The van der Waals surface area contributed by atoms with Crippen LogP contribution >= 0.6 is 12.6 Å². The molecule has 0 aliphatic rings. The number of amides is 1. The van der Waals surface area contributed by atoms with E-state index >= 15 is 0 Å². The molecular formula is C14H17NO5S. The van der Waals surface area contributed by atoms with Gasteiger partial charge < -0.3 is 15.1 Å². The van der Waals surface area contributed by atoms with E-state index in [0.29, 0.717) is 17.0 Å². The zero-order valence-electron chi connectivity index (χ0n) is 11.5. The first-order chi connectivity index (χ1) is 9.85. The number of carbonyl (C=O) groups excluding carboxylic acids is 1. The van der Waals surface area contributed by atoms with Crippen LogP contribution in [0.25, 0.3) is 0 Å². The van der Waals surface area contributed by atoms with E-state index in [0.717, 1.165) is 4.90 Å². The molecule has 0 fully saturated rings. The first-order valence-electron chi connectivity index (χ1n) is 6.30. The minimum atomic E-state index is -1.12. The number of hydrogen-bond donors (Lipinski definition) is 3. The number of hydrogen-bond acceptors (Lipinski definition) is 4. The average molecular weight is 311 g/mol. The van der Waals surface area contributed by atoms with E-state index in [1.807, 2.05) is 0 Å². The Hall–Kier alpha value is -2.02. The number of anilines is 1. The van der Waals surface area contributed by atoms with Gasteiger partial charge in [0.1, 0.15) is 6.54 Å². The van der Waals surface area contributed by atoms with Gasteiger partial charge in [-0.1, -0.05) is 19.1 Å². The van der Waals surface area contributed by atoms with Gasteiger partial charge in [-0.3, -0.25) is 14.4 Å². The van der Waals surface area contributed by atoms with Crippen molar-refractivity contribution in [2.75, 3.05) is 17.2 Å². The first kappa shape index (κ1) is 17.0. The van der Waals surface area contributed by atoms with E-state index in [9.17, 15) is 14.4 Å². The molecule has 2 N–H and O–H groups in total. The molecule has 1 atom stereocenters. The molecule has 6 nitrogen and oxygen atoms in total. The molecule has 0 radical (unpaired) electrons. The van der Waals surface area contributed by atoms with Crippen molar-refractivity contribution >= 4 is 36.2 Å². The molecule has 1 rings (SSSR count). The van der Waals surface area contributed by atoms with Gasteiger partial charge in [-0.05, 0) is 17.7 Å². The number of benzene rings is 1. The van der Waals surface area contributed by atoms with E-state index in [2.05, 4.69) is 12.6 Å². The molecule has 0 heterocycles. The fraction of sp³-hybridized carbons (Fsp3) is 0.357. The predicted octanol–water partition coefficient (Wildman–Crippen LogP) is 1.30. The molecule has 1 amide bonds. The van der Waals surface area contributed by atoms with Crippen molar-refractivity contribution in [1.82, 2.24) is 0 Å². The number of carboxylic acids is 2. The summed E-state index contributed by atoms with van der Waals surface area (Å²) >= 11 is 4.05. The quantitative estimate of drug-likeness (QED) is 0.660. The largest absolute Gasteiger partial charge is 0.481 e. The summed E-state index contributed by atoms with van der Waals surface area (Å²) in [6, 6.07) is 6.22. The van der Waals surface area contributed by atoms with Crippen molar-refractivity contribution in [3.63, 3.8) is 0 Å². The van der Waals surface area contributed by atoms with E-state index in [-0.39, 0.29) is 12.3 Å². The monoisotopic (exact) mass is 311 g/mol. The summed E-state index contributed by atoms with van der Waals surface area (Å²) in [4.78, 5) is 34.9. The molecule has 0 bridgehead atoms. The molecule has 114 valence electrons. The standard InChI is InChI=1S/C14H17NO5S/c1-9(8-21)14(20)15(7-13(18)19)11-4-2-10(3-5-11)6-12(16)17/h2-5,9,21H,6-8H2,1H3,(H,16,17)(H,18,19). The molecule has 0 aliphatic carbocycles. The Labute approximate surface area is 127 Å². The molecule has 1 aromatic rings. The van der Waals surface area contributed by atoms with Crippen LogP contribution in [0.1, 0.15) is 12.5 Å². The van der Waals surface area contributed by atoms with Gasteiger partial charge in [0, 0.05) is 17.4 Å². The number of rotatable bonds is 7. The Kier molecular flexibility index (Phi) is 6.23. The number of nitrogens with zero attached hydrogens (tertiary/aromatic N) is 1. The molecule has 21 heavy (non-hydrogen) atoms. The Bertz CT molecular complexity index is 529. The third-order valence-corrected chi connectivity index (χ3v) is 3.41. The maximum Gasteiger partial charge on any atom is 0.323 e. The smallest absolute Gasteiger partial charge is 0.323 e. The van der Waals surface area contributed by atoms with Crippen LogP contribution in [0.3, 0.4) is 0 Å². The van der Waals surface area contributed by atoms with Gasteiger partial charge in [-0.2, -0.15) is 12.6 Å². The third kappa shape index (κ3) is 5.11. The molecule has 0 aromatic heterocycles. The molecule has 0 spiro atoms. The topological polar surface area (TPSA) is 94.9 Å². The normalized spacial score (nSPS) is 11.7. The fourth-order valence-electron chi connectivity index (χ4n) is 1.74. The second-order valence-corrected chi connectivity index (χ2v) is 5.00. The lowest BCUT2D eigenvalue weighted by Crippen LogP contribution is -2.39. The molecular weight excluding hydrogens is 294 g/mol. The highest BCUT2D eigenvalue weighted by Crippen LogP contribution is 2.18. The molecule has 1 aromatic carbocycles. The van der Waals surface area contributed by atoms with Crippen LogP contribution in [0.2, 0.25) is 0 Å². The number of carbonyl (C=O) groups is 3. The molecule has 1 unspecified atom stereocenters. The summed E-state index contributed by atoms with van der Waals surface area (Å²) in [6.07, 6.45) is -0.125. The van der Waals surface area contributed by atoms with E-state index in [4.69, 9.17) is 10.2 Å². The van der Waals surface area contributed by atoms with Crippen molar-refractivity contribution < 1.29 is 24.6 Å². The van der Waals surface area contributed by atoms with Gasteiger partial charge in [0.2, 0.25) is 5.91 Å². The minimum Gasteiger partial charge on any atom is -0.481 e. The zero-order valence-corrected chi connectivity index (χ0v) is 12.4. The minimum absolute atomic E-state index is 0.125. The lowest BCUT2D eigenvalue weighted by Gasteiger charge is -2.23. The van der Waals surface area contributed by atoms with Gasteiger partial charge in [0.25, 0.3) is 0 Å². The van der Waals surface area contributed by atoms with Gasteiger partial charge >= 0.3 is 11.9 Å². The first-order valence-corrected chi connectivity index (χ1v) is 6.93. The summed E-state index contributed by atoms with van der Waals surface area (Å²) in [5, 5.41) is 17.6. The fourth-order valence-corrected chi connectivity index (χ4v) is 1.90. The Morgan fingerprint density at radius 1 is 1.14 bits per heavy atom. The molecule has 0 aliphatic heterocycles. The summed E-state index contributed by atoms with van der Waals surface area (Å²) < 4.78 is 0. The van der Waals surface area contributed by atoms with Crippen LogP contribution in [-0.4, -0.2) is 40.4 Å². The maximum absolute atomic E-state index is 12.2. The highest BCUT2D eigenvalue weighted by Gasteiger charge is 2.23. The summed E-state index contributed by atoms with van der Waals surface area (Å²) in [6.45, 7) is 1.22. The predicted molar refractivity (Wildman–Crippen MR) is 80.8 cm³/mol. The molecule has 0 saturated heterocycles.